The Kier molecular flexibility index (Phi) is 2.84. The molecular weight excluding hydrogens is 335 g/mol. The molecule has 0 radical (unpaired) electrons. The molecular formula is C13H12F3N3O3S. The van der Waals surface area contributed by atoms with Crippen LogP contribution in [0.4, 0.5) is 13.2 Å². The van der Waals surface area contributed by atoms with Gasteiger partial charge >= 0.3 is 11.8 Å². The van der Waals surface area contributed by atoms with Crippen molar-refractivity contribution in [2.45, 2.75) is 43.0 Å². The molecule has 0 spiro atoms. The van der Waals surface area contributed by atoms with Crippen molar-refractivity contribution < 1.29 is 26.4 Å². The Labute approximate surface area is 130 Å². The SMILES string of the molecule is CC(C)(C)N1C(=O)c2ccc(C3(C(F)(F)F)N=N3)cc2S1(=O)=O. The minimum atomic E-state index is -4.77. The number of sulfonamides is 1. The third-order valence-corrected chi connectivity index (χ3v) is 5.71. The molecule has 124 valence electrons. The molecule has 0 bridgehead atoms. The molecule has 10 heteroatoms. The lowest BCUT2D eigenvalue weighted by Crippen LogP contribution is -2.45. The number of hydrogen-bond donors (Lipinski definition) is 0. The number of hydrogen-bond acceptors (Lipinski definition) is 5. The van der Waals surface area contributed by atoms with E-state index in [1.165, 1.54) is 20.8 Å². The first-order chi connectivity index (χ1) is 10.3. The lowest BCUT2D eigenvalue weighted by Gasteiger charge is -2.29. The van der Waals surface area contributed by atoms with Crippen LogP contribution in [0.3, 0.4) is 0 Å². The predicted octanol–water partition coefficient (Wildman–Crippen LogP) is 2.81. The number of nitrogens with zero attached hydrogens (tertiary/aromatic N) is 3. The van der Waals surface area contributed by atoms with Gasteiger partial charge < -0.3 is 0 Å². The minimum absolute atomic E-state index is 0.151. The van der Waals surface area contributed by atoms with Crippen molar-refractivity contribution in [2.75, 3.05) is 0 Å². The van der Waals surface area contributed by atoms with E-state index in [0.717, 1.165) is 18.2 Å². The zero-order valence-electron chi connectivity index (χ0n) is 12.3. The highest BCUT2D eigenvalue weighted by Gasteiger charge is 2.65. The highest BCUT2D eigenvalue weighted by Crippen LogP contribution is 2.53. The summed E-state index contributed by atoms with van der Waals surface area (Å²) < 4.78 is 64.9. The van der Waals surface area contributed by atoms with Crippen molar-refractivity contribution in [1.82, 2.24) is 4.31 Å². The predicted molar refractivity (Wildman–Crippen MR) is 72.1 cm³/mol. The molecule has 0 unspecified atom stereocenters. The van der Waals surface area contributed by atoms with Gasteiger partial charge in [-0.05, 0) is 32.9 Å². The average Bonchev–Trinajstić information content (AvgIpc) is 3.13. The fourth-order valence-electron chi connectivity index (χ4n) is 2.55. The van der Waals surface area contributed by atoms with E-state index in [9.17, 15) is 26.4 Å². The molecule has 0 aliphatic carbocycles. The summed E-state index contributed by atoms with van der Waals surface area (Å²) in [5, 5.41) is 6.08. The molecule has 6 nitrogen and oxygen atoms in total. The number of fused-ring (bicyclic) bond motifs is 1. The molecule has 0 saturated heterocycles. The van der Waals surface area contributed by atoms with Gasteiger partial charge in [0, 0.05) is 5.56 Å². The van der Waals surface area contributed by atoms with Crippen LogP contribution in [-0.2, 0) is 15.7 Å². The molecule has 1 amide bonds. The van der Waals surface area contributed by atoms with Crippen LogP contribution in [0.25, 0.3) is 0 Å². The Balaban J connectivity index is 2.17. The summed E-state index contributed by atoms with van der Waals surface area (Å²) in [5.74, 6) is -0.759. The first-order valence-electron chi connectivity index (χ1n) is 6.57. The zero-order chi connectivity index (χ0) is 17.4. The maximum absolute atomic E-state index is 13.1. The van der Waals surface area contributed by atoms with Crippen LogP contribution in [0.15, 0.2) is 33.3 Å². The van der Waals surface area contributed by atoms with Gasteiger partial charge in [-0.3, -0.25) is 4.79 Å². The summed E-state index contributed by atoms with van der Waals surface area (Å²) in [6, 6.07) is 2.95. The first-order valence-corrected chi connectivity index (χ1v) is 8.01. The van der Waals surface area contributed by atoms with Crippen molar-refractivity contribution in [3.05, 3.63) is 29.3 Å². The van der Waals surface area contributed by atoms with Crippen LogP contribution in [-0.4, -0.2) is 30.3 Å². The van der Waals surface area contributed by atoms with E-state index in [4.69, 9.17) is 0 Å². The normalized spacial score (nSPS) is 21.5. The molecule has 3 rings (SSSR count). The number of carbonyl (C=O) groups is 1. The van der Waals surface area contributed by atoms with E-state index in [-0.39, 0.29) is 5.56 Å². The molecule has 1 aromatic rings. The van der Waals surface area contributed by atoms with Gasteiger partial charge in [0.25, 0.3) is 15.9 Å². The van der Waals surface area contributed by atoms with E-state index >= 15 is 0 Å². The van der Waals surface area contributed by atoms with Crippen LogP contribution in [0, 0.1) is 0 Å². The lowest BCUT2D eigenvalue weighted by atomic mass is 10.0. The third kappa shape index (κ3) is 2.00. The number of halogens is 3. The largest absolute Gasteiger partial charge is 0.442 e. The third-order valence-electron chi connectivity index (χ3n) is 3.62. The molecule has 1 aromatic carbocycles. The van der Waals surface area contributed by atoms with Crippen molar-refractivity contribution in [3.63, 3.8) is 0 Å². The van der Waals surface area contributed by atoms with Gasteiger partial charge in [-0.25, -0.2) is 12.7 Å². The van der Waals surface area contributed by atoms with E-state index in [1.807, 2.05) is 0 Å². The lowest BCUT2D eigenvalue weighted by molar-refractivity contribution is -0.166. The standard InChI is InChI=1S/C13H12F3N3O3S/c1-11(2,3)19-10(20)8-5-4-7(6-9(8)23(19,21)22)12(17-18-12)13(14,15)16/h4-6H,1-3H3. The Hall–Kier alpha value is -1.97. The van der Waals surface area contributed by atoms with Crippen molar-refractivity contribution in [2.24, 2.45) is 10.2 Å². The molecule has 0 aromatic heterocycles. The van der Waals surface area contributed by atoms with Crippen LogP contribution in [0.1, 0.15) is 36.7 Å². The van der Waals surface area contributed by atoms with Gasteiger partial charge in [-0.15, -0.1) is 10.2 Å². The van der Waals surface area contributed by atoms with Gasteiger partial charge in [-0.1, -0.05) is 6.07 Å². The molecule has 0 N–H and O–H groups in total. The Morgan fingerprint density at radius 3 is 2.13 bits per heavy atom. The summed E-state index contributed by atoms with van der Waals surface area (Å²) in [6.07, 6.45) is -4.77. The Morgan fingerprint density at radius 1 is 1.13 bits per heavy atom. The van der Waals surface area contributed by atoms with Crippen LogP contribution in [0.2, 0.25) is 0 Å². The van der Waals surface area contributed by atoms with Gasteiger partial charge in [-0.2, -0.15) is 13.2 Å². The number of amides is 1. The zero-order valence-corrected chi connectivity index (χ0v) is 13.2. The maximum Gasteiger partial charge on any atom is 0.442 e. The van der Waals surface area contributed by atoms with E-state index in [2.05, 4.69) is 10.2 Å². The summed E-state index contributed by atoms with van der Waals surface area (Å²) in [6.45, 7) is 4.58. The number of rotatable bonds is 1. The second-order valence-electron chi connectivity index (χ2n) is 6.33. The molecule has 23 heavy (non-hydrogen) atoms. The fraction of sp³-hybridized carbons (Fsp3) is 0.462. The maximum atomic E-state index is 13.1. The van der Waals surface area contributed by atoms with Gasteiger partial charge in [0.1, 0.15) is 4.90 Å². The molecule has 2 aliphatic rings. The Bertz CT molecular complexity index is 847. The van der Waals surface area contributed by atoms with E-state index in [0.29, 0.717) is 4.31 Å². The van der Waals surface area contributed by atoms with Crippen molar-refractivity contribution >= 4 is 15.9 Å². The van der Waals surface area contributed by atoms with Crippen LogP contribution >= 0.6 is 0 Å². The number of benzene rings is 1. The van der Waals surface area contributed by atoms with E-state index < -0.39 is 43.8 Å². The van der Waals surface area contributed by atoms with E-state index in [1.54, 1.807) is 0 Å². The molecule has 2 aliphatic heterocycles. The highest BCUT2D eigenvalue weighted by atomic mass is 32.2. The second kappa shape index (κ2) is 4.11. The summed E-state index contributed by atoms with van der Waals surface area (Å²) in [7, 11) is -4.22. The molecule has 0 atom stereocenters. The Morgan fingerprint density at radius 2 is 1.70 bits per heavy atom. The van der Waals surface area contributed by atoms with Gasteiger partial charge in [0.15, 0.2) is 0 Å². The monoisotopic (exact) mass is 347 g/mol. The fourth-order valence-corrected chi connectivity index (χ4v) is 4.50. The first kappa shape index (κ1) is 15.9. The molecule has 0 saturated carbocycles. The average molecular weight is 347 g/mol. The molecule has 2 heterocycles. The van der Waals surface area contributed by atoms with Gasteiger partial charge in [0.05, 0.1) is 11.1 Å². The quantitative estimate of drug-likeness (QED) is 0.783. The number of alkyl halides is 3. The summed E-state index contributed by atoms with van der Waals surface area (Å²) in [5.41, 5.74) is -4.33. The molecule has 0 fully saturated rings. The summed E-state index contributed by atoms with van der Waals surface area (Å²) >= 11 is 0. The second-order valence-corrected chi connectivity index (χ2v) is 8.08. The van der Waals surface area contributed by atoms with Gasteiger partial charge in [0.2, 0.25) is 0 Å². The smallest absolute Gasteiger partial charge is 0.268 e. The summed E-state index contributed by atoms with van der Waals surface area (Å²) in [4.78, 5) is 11.9. The van der Waals surface area contributed by atoms with Crippen molar-refractivity contribution in [1.29, 1.82) is 0 Å². The van der Waals surface area contributed by atoms with Crippen LogP contribution in [0.5, 0.6) is 0 Å². The number of carbonyl (C=O) groups excluding carboxylic acids is 1. The highest BCUT2D eigenvalue weighted by molar-refractivity contribution is 7.90. The van der Waals surface area contributed by atoms with Crippen LogP contribution < -0.4 is 0 Å². The minimum Gasteiger partial charge on any atom is -0.268 e. The van der Waals surface area contributed by atoms with Crippen molar-refractivity contribution in [3.8, 4) is 0 Å². The topological polar surface area (TPSA) is 79.2 Å².